The Morgan fingerprint density at radius 3 is 2.38 bits per heavy atom. The van der Waals surface area contributed by atoms with Crippen molar-refractivity contribution in [3.63, 3.8) is 0 Å². The van der Waals surface area contributed by atoms with Gasteiger partial charge in [-0.05, 0) is 35.7 Å². The molecular weight excluding hydrogens is 381 g/mol. The monoisotopic (exact) mass is 400 g/mol. The van der Waals surface area contributed by atoms with E-state index >= 15 is 0 Å². The number of rotatable bonds is 6. The summed E-state index contributed by atoms with van der Waals surface area (Å²) in [4.78, 5) is 0. The van der Waals surface area contributed by atoms with Gasteiger partial charge in [-0.3, -0.25) is 0 Å². The highest BCUT2D eigenvalue weighted by atomic mass is 19.2. The Balaban J connectivity index is 1.47. The normalized spacial score (nSPS) is 16.5. The predicted molar refractivity (Wildman–Crippen MR) is 102 cm³/mol. The second-order valence-electron chi connectivity index (χ2n) is 7.00. The molecule has 29 heavy (non-hydrogen) atoms. The lowest BCUT2D eigenvalue weighted by molar-refractivity contribution is 0.198. The molecule has 0 aromatic heterocycles. The molecule has 0 amide bonds. The number of aliphatic hydroxyl groups excluding tert-OH is 1. The number of aliphatic hydroxyl groups is 1. The maximum absolute atomic E-state index is 14.4. The van der Waals surface area contributed by atoms with E-state index in [-0.39, 0.29) is 29.6 Å². The summed E-state index contributed by atoms with van der Waals surface area (Å²) in [5.74, 6) is -2.27. The molecule has 1 aliphatic rings. The van der Waals surface area contributed by atoms with Gasteiger partial charge in [0.25, 0.3) is 0 Å². The summed E-state index contributed by atoms with van der Waals surface area (Å²) >= 11 is 0. The van der Waals surface area contributed by atoms with E-state index in [1.165, 1.54) is 12.1 Å². The van der Waals surface area contributed by atoms with Gasteiger partial charge in [0, 0.05) is 11.1 Å². The summed E-state index contributed by atoms with van der Waals surface area (Å²) in [6, 6.07) is 14.1. The van der Waals surface area contributed by atoms with E-state index in [1.807, 2.05) is 0 Å². The molecule has 0 radical (unpaired) electrons. The molecule has 3 nitrogen and oxygen atoms in total. The Bertz CT molecular complexity index is 1030. The summed E-state index contributed by atoms with van der Waals surface area (Å²) in [6.45, 7) is 2.07. The zero-order chi connectivity index (χ0) is 20.5. The lowest BCUT2D eigenvalue weighted by Crippen LogP contribution is -2.00. The van der Waals surface area contributed by atoms with E-state index in [4.69, 9.17) is 9.47 Å². The first-order valence-electron chi connectivity index (χ1n) is 9.23. The molecule has 0 aliphatic carbocycles. The van der Waals surface area contributed by atoms with Gasteiger partial charge in [0.2, 0.25) is 0 Å². The van der Waals surface area contributed by atoms with E-state index in [2.05, 4.69) is 0 Å². The maximum atomic E-state index is 14.4. The van der Waals surface area contributed by atoms with Crippen molar-refractivity contribution in [2.45, 2.75) is 25.7 Å². The summed E-state index contributed by atoms with van der Waals surface area (Å²) in [5.41, 5.74) is 2.14. The van der Waals surface area contributed by atoms with Crippen molar-refractivity contribution in [1.82, 2.24) is 0 Å². The largest absolute Gasteiger partial charge is 0.486 e. The van der Waals surface area contributed by atoms with Crippen molar-refractivity contribution in [3.8, 4) is 16.9 Å². The van der Waals surface area contributed by atoms with Crippen molar-refractivity contribution in [2.75, 3.05) is 6.61 Å². The Kier molecular flexibility index (Phi) is 5.30. The molecule has 1 N–H and O–H groups in total. The van der Waals surface area contributed by atoms with E-state index in [0.717, 1.165) is 5.56 Å². The Morgan fingerprint density at radius 2 is 1.76 bits per heavy atom. The predicted octanol–water partition coefficient (Wildman–Crippen LogP) is 5.47. The van der Waals surface area contributed by atoms with Gasteiger partial charge in [-0.25, -0.2) is 13.2 Å². The average molecular weight is 400 g/mol. The smallest absolute Gasteiger partial charge is 0.167 e. The first-order valence-corrected chi connectivity index (χ1v) is 9.23. The highest BCUT2D eigenvalue weighted by Gasteiger charge is 2.30. The molecule has 150 valence electrons. The van der Waals surface area contributed by atoms with Crippen LogP contribution < -0.4 is 4.74 Å². The fraction of sp³-hybridized carbons (Fsp3) is 0.217. The molecule has 6 heteroatoms. The van der Waals surface area contributed by atoms with Gasteiger partial charge < -0.3 is 14.6 Å². The number of hydrogen-bond acceptors (Lipinski definition) is 3. The van der Waals surface area contributed by atoms with Gasteiger partial charge in [-0.2, -0.15) is 0 Å². The third-order valence-corrected chi connectivity index (χ3v) is 4.89. The SMILES string of the molecule is CC(O)c1ccc(OCc2ccc(-c3ccc(C4CO4)c(F)c3F)cc2)c(F)c1. The molecule has 3 aromatic carbocycles. The third-order valence-electron chi connectivity index (χ3n) is 4.89. The van der Waals surface area contributed by atoms with Crippen LogP contribution in [0.2, 0.25) is 0 Å². The van der Waals surface area contributed by atoms with Gasteiger partial charge in [0.1, 0.15) is 12.7 Å². The van der Waals surface area contributed by atoms with E-state index in [9.17, 15) is 18.3 Å². The second-order valence-corrected chi connectivity index (χ2v) is 7.00. The van der Waals surface area contributed by atoms with E-state index < -0.39 is 23.6 Å². The minimum Gasteiger partial charge on any atom is -0.486 e. The number of hydrogen-bond donors (Lipinski definition) is 1. The third kappa shape index (κ3) is 4.13. The minimum atomic E-state index is -0.901. The highest BCUT2D eigenvalue weighted by molar-refractivity contribution is 5.65. The van der Waals surface area contributed by atoms with Gasteiger partial charge in [-0.15, -0.1) is 0 Å². The van der Waals surface area contributed by atoms with E-state index in [0.29, 0.717) is 17.7 Å². The van der Waals surface area contributed by atoms with Crippen LogP contribution in [0.3, 0.4) is 0 Å². The van der Waals surface area contributed by atoms with Gasteiger partial charge >= 0.3 is 0 Å². The maximum Gasteiger partial charge on any atom is 0.167 e. The molecule has 1 heterocycles. The minimum absolute atomic E-state index is 0.0736. The van der Waals surface area contributed by atoms with Gasteiger partial charge in [-0.1, -0.05) is 42.5 Å². The number of ether oxygens (including phenoxy) is 2. The molecule has 3 aromatic rings. The first kappa shape index (κ1) is 19.5. The molecule has 1 aliphatic heterocycles. The number of halogens is 3. The van der Waals surface area contributed by atoms with Crippen LogP contribution in [0, 0.1) is 17.5 Å². The number of benzene rings is 3. The quantitative estimate of drug-likeness (QED) is 0.558. The molecular formula is C23H19F3O3. The van der Waals surface area contributed by atoms with Crippen LogP contribution in [-0.2, 0) is 11.3 Å². The van der Waals surface area contributed by atoms with Gasteiger partial charge in [0.05, 0.1) is 12.7 Å². The fourth-order valence-corrected chi connectivity index (χ4v) is 3.10. The molecule has 0 bridgehead atoms. The molecule has 4 rings (SSSR count). The van der Waals surface area contributed by atoms with Crippen LogP contribution >= 0.6 is 0 Å². The zero-order valence-corrected chi connectivity index (χ0v) is 15.7. The molecule has 1 fully saturated rings. The molecule has 2 atom stereocenters. The van der Waals surface area contributed by atoms with Crippen LogP contribution in [0.1, 0.15) is 35.8 Å². The standard InChI is InChI=1S/C23H19F3O3/c1-13(27)16-6-9-20(19(24)10-16)28-11-14-2-4-15(5-3-14)17-7-8-18(21-12-29-21)23(26)22(17)25/h2-10,13,21,27H,11-12H2,1H3. The Morgan fingerprint density at radius 1 is 1.03 bits per heavy atom. The summed E-state index contributed by atoms with van der Waals surface area (Å²) < 4.78 is 53.2. The van der Waals surface area contributed by atoms with Crippen LogP contribution in [0.5, 0.6) is 5.75 Å². The second kappa shape index (κ2) is 7.89. The number of epoxide rings is 1. The van der Waals surface area contributed by atoms with Crippen LogP contribution in [-0.4, -0.2) is 11.7 Å². The van der Waals surface area contributed by atoms with Crippen molar-refractivity contribution in [1.29, 1.82) is 0 Å². The Labute approximate surface area is 166 Å². The lowest BCUT2D eigenvalue weighted by atomic mass is 10.0. The molecule has 0 saturated carbocycles. The fourth-order valence-electron chi connectivity index (χ4n) is 3.10. The zero-order valence-electron chi connectivity index (χ0n) is 15.7. The van der Waals surface area contributed by atoms with E-state index in [1.54, 1.807) is 49.4 Å². The van der Waals surface area contributed by atoms with Crippen molar-refractivity contribution < 1.29 is 27.8 Å². The summed E-state index contributed by atoms with van der Waals surface area (Å²) in [7, 11) is 0. The van der Waals surface area contributed by atoms with Crippen molar-refractivity contribution >= 4 is 0 Å². The van der Waals surface area contributed by atoms with Crippen molar-refractivity contribution in [2.24, 2.45) is 0 Å². The summed E-state index contributed by atoms with van der Waals surface area (Å²) in [5, 5.41) is 9.48. The average Bonchev–Trinajstić information content (AvgIpc) is 3.54. The van der Waals surface area contributed by atoms with Crippen molar-refractivity contribution in [3.05, 3.63) is 88.7 Å². The first-order chi connectivity index (χ1) is 13.9. The van der Waals surface area contributed by atoms with Crippen LogP contribution in [0.25, 0.3) is 11.1 Å². The van der Waals surface area contributed by atoms with Gasteiger partial charge in [0.15, 0.2) is 23.2 Å². The molecule has 2 unspecified atom stereocenters. The topological polar surface area (TPSA) is 42.0 Å². The molecule has 1 saturated heterocycles. The Hall–Kier alpha value is -2.83. The lowest BCUT2D eigenvalue weighted by Gasteiger charge is -2.11. The summed E-state index contributed by atoms with van der Waals surface area (Å²) in [6.07, 6.45) is -1.12. The molecule has 0 spiro atoms. The highest BCUT2D eigenvalue weighted by Crippen LogP contribution is 2.35. The van der Waals surface area contributed by atoms with Crippen LogP contribution in [0.15, 0.2) is 54.6 Å². The van der Waals surface area contributed by atoms with Crippen LogP contribution in [0.4, 0.5) is 13.2 Å².